The average Bonchev–Trinajstić information content (AvgIpc) is 2.10. The second-order valence-corrected chi connectivity index (χ2v) is 3.88. The van der Waals surface area contributed by atoms with Gasteiger partial charge >= 0.3 is 12.4 Å². The molecule has 0 bridgehead atoms. The van der Waals surface area contributed by atoms with E-state index in [0.29, 0.717) is 0 Å². The summed E-state index contributed by atoms with van der Waals surface area (Å²) in [5, 5.41) is -3.38. The molecule has 0 spiro atoms. The molecule has 0 unspecified atom stereocenters. The van der Waals surface area contributed by atoms with E-state index >= 15 is 0 Å². The molecule has 0 fully saturated rings. The molecule has 1 rings (SSSR count). The number of nitrogens with zero attached hydrogens (tertiary/aromatic N) is 1. The minimum Gasteiger partial charge on any atom is -0.236 e. The van der Waals surface area contributed by atoms with Gasteiger partial charge in [0.1, 0.15) is 0 Å². The van der Waals surface area contributed by atoms with Crippen molar-refractivity contribution in [2.45, 2.75) is 12.4 Å². The number of hydrogen-bond donors (Lipinski definition) is 0. The van der Waals surface area contributed by atoms with E-state index < -0.39 is 38.8 Å². The lowest BCUT2D eigenvalue weighted by Gasteiger charge is -2.14. The molecule has 1 aromatic heterocycles. The Labute approximate surface area is 105 Å². The van der Waals surface area contributed by atoms with Crippen LogP contribution in [0, 0.1) is 0 Å². The van der Waals surface area contributed by atoms with Gasteiger partial charge in [-0.25, -0.2) is 4.98 Å². The molecule has 1 heterocycles. The Balaban J connectivity index is 3.63. The van der Waals surface area contributed by atoms with E-state index in [1.165, 1.54) is 0 Å². The van der Waals surface area contributed by atoms with Gasteiger partial charge < -0.3 is 0 Å². The Kier molecular flexibility index (Phi) is 3.76. The zero-order chi connectivity index (χ0) is 13.6. The summed E-state index contributed by atoms with van der Waals surface area (Å²) in [4.78, 5) is 2.38. The topological polar surface area (TPSA) is 12.9 Å². The van der Waals surface area contributed by atoms with Crippen molar-refractivity contribution in [2.75, 3.05) is 0 Å². The van der Waals surface area contributed by atoms with Crippen LogP contribution in [-0.4, -0.2) is 4.98 Å². The highest BCUT2D eigenvalue weighted by molar-refractivity contribution is 6.48. The van der Waals surface area contributed by atoms with Gasteiger partial charge in [0, 0.05) is 0 Å². The molecule has 0 N–H and O–H groups in total. The van der Waals surface area contributed by atoms with Gasteiger partial charge in [-0.3, -0.25) is 0 Å². The third kappa shape index (κ3) is 2.89. The first-order valence-electron chi connectivity index (χ1n) is 3.65. The third-order valence-electron chi connectivity index (χ3n) is 1.56. The molecule has 0 amide bonds. The highest BCUT2D eigenvalue weighted by Crippen LogP contribution is 2.44. The number of rotatable bonds is 0. The van der Waals surface area contributed by atoms with E-state index in [1.807, 2.05) is 0 Å². The Morgan fingerprint density at radius 1 is 0.647 bits per heavy atom. The second-order valence-electron chi connectivity index (χ2n) is 2.75. The minimum atomic E-state index is -5.16. The lowest BCUT2D eigenvalue weighted by Crippen LogP contribution is -2.16. The zero-order valence-electron chi connectivity index (χ0n) is 7.35. The Morgan fingerprint density at radius 3 is 1.18 bits per heavy atom. The lowest BCUT2D eigenvalue weighted by molar-refractivity contribution is -0.149. The summed E-state index contributed by atoms with van der Waals surface area (Å²) in [5.74, 6) is 0. The molecule has 10 heteroatoms. The summed E-state index contributed by atoms with van der Waals surface area (Å²) < 4.78 is 73.9. The molecule has 0 atom stereocenters. The summed E-state index contributed by atoms with van der Waals surface area (Å²) in [6.45, 7) is 0. The number of aromatic nitrogens is 1. The summed E-state index contributed by atoms with van der Waals surface area (Å²) in [5.41, 5.74) is -3.86. The van der Waals surface area contributed by atoms with E-state index in [4.69, 9.17) is 34.8 Å². The predicted molar refractivity (Wildman–Crippen MR) is 49.3 cm³/mol. The van der Waals surface area contributed by atoms with Gasteiger partial charge in [0.2, 0.25) is 0 Å². The van der Waals surface area contributed by atoms with Crippen LogP contribution >= 0.6 is 34.8 Å². The Morgan fingerprint density at radius 2 is 0.941 bits per heavy atom. The maximum absolute atomic E-state index is 12.3. The molecule has 1 nitrogen and oxygen atoms in total. The molecular formula is C7Cl3F6N. The Hall–Kier alpha value is -0.400. The first kappa shape index (κ1) is 14.7. The van der Waals surface area contributed by atoms with Crippen LogP contribution in [0.5, 0.6) is 0 Å². The molecule has 0 aliphatic heterocycles. The zero-order valence-corrected chi connectivity index (χ0v) is 9.62. The van der Waals surface area contributed by atoms with Gasteiger partial charge in [0.05, 0.1) is 15.1 Å². The summed E-state index contributed by atoms with van der Waals surface area (Å²) in [6.07, 6.45) is -10.3. The molecule has 1 aromatic rings. The van der Waals surface area contributed by atoms with Crippen LogP contribution in [0.2, 0.25) is 15.1 Å². The molecule has 0 aromatic carbocycles. The molecule has 0 aliphatic carbocycles. The fraction of sp³-hybridized carbons (Fsp3) is 0.286. The lowest BCUT2D eigenvalue weighted by atomic mass is 10.2. The number of alkyl halides is 6. The van der Waals surface area contributed by atoms with Crippen molar-refractivity contribution in [1.82, 2.24) is 4.98 Å². The average molecular weight is 318 g/mol. The van der Waals surface area contributed by atoms with Crippen molar-refractivity contribution in [1.29, 1.82) is 0 Å². The van der Waals surface area contributed by atoms with E-state index in [0.717, 1.165) is 0 Å². The van der Waals surface area contributed by atoms with Crippen LogP contribution in [0.1, 0.15) is 11.4 Å². The molecule has 0 aliphatic rings. The van der Waals surface area contributed by atoms with Crippen LogP contribution in [0.4, 0.5) is 26.3 Å². The second kappa shape index (κ2) is 4.37. The molecule has 0 saturated carbocycles. The number of halogens is 9. The van der Waals surface area contributed by atoms with Crippen molar-refractivity contribution in [3.63, 3.8) is 0 Å². The third-order valence-corrected chi connectivity index (χ3v) is 2.87. The van der Waals surface area contributed by atoms with Crippen LogP contribution in [-0.2, 0) is 12.4 Å². The number of hydrogen-bond acceptors (Lipinski definition) is 1. The fourth-order valence-electron chi connectivity index (χ4n) is 0.890. The van der Waals surface area contributed by atoms with Crippen LogP contribution in [0.3, 0.4) is 0 Å². The van der Waals surface area contributed by atoms with E-state index in [9.17, 15) is 26.3 Å². The van der Waals surface area contributed by atoms with E-state index in [-0.39, 0.29) is 0 Å². The van der Waals surface area contributed by atoms with Gasteiger partial charge in [-0.15, -0.1) is 0 Å². The first-order chi connectivity index (χ1) is 7.46. The van der Waals surface area contributed by atoms with E-state index in [2.05, 4.69) is 4.98 Å². The summed E-state index contributed by atoms with van der Waals surface area (Å²) in [6, 6.07) is 0. The molecule has 0 radical (unpaired) electrons. The molecule has 96 valence electrons. The van der Waals surface area contributed by atoms with Gasteiger partial charge in [-0.1, -0.05) is 34.8 Å². The quantitative estimate of drug-likeness (QED) is 0.608. The van der Waals surface area contributed by atoms with Crippen LogP contribution in [0.15, 0.2) is 0 Å². The maximum atomic E-state index is 12.3. The van der Waals surface area contributed by atoms with Gasteiger partial charge in [-0.2, -0.15) is 26.3 Å². The van der Waals surface area contributed by atoms with Crippen LogP contribution in [0.25, 0.3) is 0 Å². The molecular weight excluding hydrogens is 318 g/mol. The highest BCUT2D eigenvalue weighted by atomic mass is 35.5. The summed E-state index contributed by atoms with van der Waals surface area (Å²) in [7, 11) is 0. The minimum absolute atomic E-state index is 1.04. The normalized spacial score (nSPS) is 13.0. The van der Waals surface area contributed by atoms with Crippen molar-refractivity contribution in [3.05, 3.63) is 26.5 Å². The standard InChI is InChI=1S/C7Cl3F6N/c8-1-2(9)4(6(11,12)13)17-5(3(1)10)7(14,15)16. The Bertz CT molecular complexity index is 414. The first-order valence-corrected chi connectivity index (χ1v) is 4.78. The van der Waals surface area contributed by atoms with Crippen molar-refractivity contribution in [3.8, 4) is 0 Å². The molecule has 0 saturated heterocycles. The van der Waals surface area contributed by atoms with Crippen molar-refractivity contribution in [2.24, 2.45) is 0 Å². The highest BCUT2D eigenvalue weighted by Gasteiger charge is 2.43. The molecule has 17 heavy (non-hydrogen) atoms. The monoisotopic (exact) mass is 317 g/mol. The predicted octanol–water partition coefficient (Wildman–Crippen LogP) is 5.08. The SMILES string of the molecule is FC(F)(F)c1nc(C(F)(F)F)c(Cl)c(Cl)c1Cl. The van der Waals surface area contributed by atoms with Gasteiger partial charge in [0.15, 0.2) is 11.4 Å². The van der Waals surface area contributed by atoms with Crippen molar-refractivity contribution >= 4 is 34.8 Å². The largest absolute Gasteiger partial charge is 0.434 e. The maximum Gasteiger partial charge on any atom is 0.434 e. The van der Waals surface area contributed by atoms with Crippen LogP contribution < -0.4 is 0 Å². The van der Waals surface area contributed by atoms with E-state index in [1.54, 1.807) is 0 Å². The fourth-order valence-corrected chi connectivity index (χ4v) is 1.61. The number of pyridine rings is 1. The van der Waals surface area contributed by atoms with Gasteiger partial charge in [-0.05, 0) is 0 Å². The smallest absolute Gasteiger partial charge is 0.236 e. The van der Waals surface area contributed by atoms with Gasteiger partial charge in [0.25, 0.3) is 0 Å². The summed E-state index contributed by atoms with van der Waals surface area (Å²) >= 11 is 15.5. The van der Waals surface area contributed by atoms with Crippen molar-refractivity contribution < 1.29 is 26.3 Å².